The Hall–Kier alpha value is -2.86. The highest BCUT2D eigenvalue weighted by Gasteiger charge is 2.30. The molecule has 0 atom stereocenters. The number of fused-ring (bicyclic) bond motifs is 1. The van der Waals surface area contributed by atoms with E-state index < -0.39 is 5.97 Å². The van der Waals surface area contributed by atoms with Crippen molar-refractivity contribution in [3.63, 3.8) is 0 Å². The molecule has 0 unspecified atom stereocenters. The predicted molar refractivity (Wildman–Crippen MR) is 109 cm³/mol. The molecule has 6 nitrogen and oxygen atoms in total. The van der Waals surface area contributed by atoms with Crippen molar-refractivity contribution < 1.29 is 14.7 Å². The number of aliphatic carboxylic acids is 1. The Labute approximate surface area is 164 Å². The lowest BCUT2D eigenvalue weighted by molar-refractivity contribution is -0.136. The summed E-state index contributed by atoms with van der Waals surface area (Å²) in [6, 6.07) is 6.08. The molecule has 3 heterocycles. The maximum atomic E-state index is 12.8. The van der Waals surface area contributed by atoms with Gasteiger partial charge in [0.15, 0.2) is 0 Å². The number of amides is 1. The molecule has 1 amide bonds. The minimum absolute atomic E-state index is 0.0273. The lowest BCUT2D eigenvalue weighted by atomic mass is 9.85. The van der Waals surface area contributed by atoms with Crippen molar-refractivity contribution in [1.82, 2.24) is 10.3 Å². The van der Waals surface area contributed by atoms with Crippen LogP contribution in [0.1, 0.15) is 52.4 Å². The smallest absolute Gasteiger partial charge is 0.307 e. The summed E-state index contributed by atoms with van der Waals surface area (Å²) in [6.07, 6.45) is 3.96. The van der Waals surface area contributed by atoms with E-state index in [9.17, 15) is 9.59 Å². The number of aromatic nitrogens is 1. The summed E-state index contributed by atoms with van der Waals surface area (Å²) in [4.78, 5) is 27.2. The van der Waals surface area contributed by atoms with Gasteiger partial charge in [-0.2, -0.15) is 0 Å². The van der Waals surface area contributed by atoms with Gasteiger partial charge in [0, 0.05) is 22.6 Å². The monoisotopic (exact) mass is 379 g/mol. The number of rotatable bonds is 4. The van der Waals surface area contributed by atoms with Crippen LogP contribution in [0.5, 0.6) is 0 Å². The zero-order valence-electron chi connectivity index (χ0n) is 16.2. The molecule has 28 heavy (non-hydrogen) atoms. The van der Waals surface area contributed by atoms with Crippen molar-refractivity contribution in [1.29, 1.82) is 0 Å². The Bertz CT molecular complexity index is 981. The Morgan fingerprint density at radius 2 is 2.00 bits per heavy atom. The summed E-state index contributed by atoms with van der Waals surface area (Å²) in [5.74, 6) is -0.536. The van der Waals surface area contributed by atoms with Gasteiger partial charge in [-0.1, -0.05) is 12.1 Å². The van der Waals surface area contributed by atoms with Crippen molar-refractivity contribution in [3.05, 3.63) is 51.8 Å². The molecule has 0 spiro atoms. The summed E-state index contributed by atoms with van der Waals surface area (Å²) >= 11 is 0. The Morgan fingerprint density at radius 1 is 1.25 bits per heavy atom. The molecule has 1 aromatic heterocycles. The van der Waals surface area contributed by atoms with Gasteiger partial charge in [-0.25, -0.2) is 0 Å². The second kappa shape index (κ2) is 7.28. The summed E-state index contributed by atoms with van der Waals surface area (Å²) in [5, 5.41) is 15.5. The van der Waals surface area contributed by atoms with Gasteiger partial charge >= 0.3 is 5.97 Å². The zero-order chi connectivity index (χ0) is 19.8. The SMILES string of the molecule is Cc1[nH]c(C=C2C(=O)Nc3cccc(C4CCNCC4)c32)c(C)c1CC(=O)O. The number of piperidine rings is 1. The van der Waals surface area contributed by atoms with Crippen LogP contribution in [0.25, 0.3) is 11.6 Å². The number of hydrogen-bond acceptors (Lipinski definition) is 3. The molecule has 0 bridgehead atoms. The van der Waals surface area contributed by atoms with E-state index in [2.05, 4.69) is 21.7 Å². The number of benzene rings is 1. The third kappa shape index (κ3) is 3.24. The minimum atomic E-state index is -0.860. The second-order valence-electron chi connectivity index (χ2n) is 7.64. The summed E-state index contributed by atoms with van der Waals surface area (Å²) < 4.78 is 0. The molecule has 146 valence electrons. The van der Waals surface area contributed by atoms with Crippen LogP contribution in [-0.4, -0.2) is 35.1 Å². The fourth-order valence-electron chi connectivity index (χ4n) is 4.41. The third-order valence-electron chi connectivity index (χ3n) is 5.89. The number of anilines is 1. The number of aryl methyl sites for hydroxylation is 1. The van der Waals surface area contributed by atoms with Crippen molar-refractivity contribution in [3.8, 4) is 0 Å². The topological polar surface area (TPSA) is 94.2 Å². The van der Waals surface area contributed by atoms with E-state index in [0.717, 1.165) is 59.7 Å². The highest BCUT2D eigenvalue weighted by Crippen LogP contribution is 2.41. The van der Waals surface area contributed by atoms with Gasteiger partial charge in [-0.3, -0.25) is 9.59 Å². The number of H-pyrrole nitrogens is 1. The quantitative estimate of drug-likeness (QED) is 0.614. The number of carboxylic acid groups (broad SMARTS) is 1. The number of aromatic amines is 1. The van der Waals surface area contributed by atoms with Crippen LogP contribution < -0.4 is 10.6 Å². The van der Waals surface area contributed by atoms with Gasteiger partial charge < -0.3 is 20.7 Å². The molecule has 1 fully saturated rings. The van der Waals surface area contributed by atoms with E-state index in [1.54, 1.807) is 0 Å². The molecule has 0 radical (unpaired) electrons. The van der Waals surface area contributed by atoms with Gasteiger partial charge in [0.05, 0.1) is 12.0 Å². The first-order valence-electron chi connectivity index (χ1n) is 9.72. The maximum Gasteiger partial charge on any atom is 0.307 e. The normalized spacial score (nSPS) is 18.4. The first-order valence-corrected chi connectivity index (χ1v) is 9.72. The van der Waals surface area contributed by atoms with Crippen LogP contribution in [0, 0.1) is 13.8 Å². The molecule has 0 saturated carbocycles. The first-order chi connectivity index (χ1) is 13.5. The van der Waals surface area contributed by atoms with Gasteiger partial charge in [0.1, 0.15) is 0 Å². The highest BCUT2D eigenvalue weighted by molar-refractivity contribution is 6.35. The van der Waals surface area contributed by atoms with Crippen molar-refractivity contribution in [2.45, 2.75) is 39.0 Å². The van der Waals surface area contributed by atoms with Crippen LogP contribution in [0.4, 0.5) is 5.69 Å². The Balaban J connectivity index is 1.79. The van der Waals surface area contributed by atoms with Gasteiger partial charge in [-0.15, -0.1) is 0 Å². The number of nitrogens with one attached hydrogen (secondary N) is 3. The zero-order valence-corrected chi connectivity index (χ0v) is 16.2. The van der Waals surface area contributed by atoms with Gasteiger partial charge in [0.25, 0.3) is 5.91 Å². The maximum absolute atomic E-state index is 12.8. The number of carbonyl (C=O) groups is 2. The van der Waals surface area contributed by atoms with Crippen LogP contribution in [0.15, 0.2) is 18.2 Å². The number of hydrogen-bond donors (Lipinski definition) is 4. The minimum Gasteiger partial charge on any atom is -0.481 e. The van der Waals surface area contributed by atoms with Crippen molar-refractivity contribution >= 4 is 29.2 Å². The molecule has 0 aliphatic carbocycles. The molecule has 2 aliphatic heterocycles. The summed E-state index contributed by atoms with van der Waals surface area (Å²) in [7, 11) is 0. The van der Waals surface area contributed by atoms with E-state index in [1.165, 1.54) is 5.56 Å². The van der Waals surface area contributed by atoms with Crippen LogP contribution in [0.2, 0.25) is 0 Å². The molecule has 2 aliphatic rings. The average Bonchev–Trinajstić information content (AvgIpc) is 3.13. The van der Waals surface area contributed by atoms with Crippen molar-refractivity contribution in [2.75, 3.05) is 18.4 Å². The first kappa shape index (κ1) is 18.5. The van der Waals surface area contributed by atoms with E-state index >= 15 is 0 Å². The average molecular weight is 379 g/mol. The lowest BCUT2D eigenvalue weighted by Gasteiger charge is -2.25. The Morgan fingerprint density at radius 3 is 2.71 bits per heavy atom. The summed E-state index contributed by atoms with van der Waals surface area (Å²) in [6.45, 7) is 5.75. The molecule has 4 N–H and O–H groups in total. The second-order valence-corrected chi connectivity index (χ2v) is 7.64. The van der Waals surface area contributed by atoms with Gasteiger partial charge in [-0.05, 0) is 74.5 Å². The lowest BCUT2D eigenvalue weighted by Crippen LogP contribution is -2.27. The van der Waals surface area contributed by atoms with Crippen molar-refractivity contribution in [2.24, 2.45) is 0 Å². The highest BCUT2D eigenvalue weighted by atomic mass is 16.4. The third-order valence-corrected chi connectivity index (χ3v) is 5.89. The number of carboxylic acids is 1. The van der Waals surface area contributed by atoms with E-state index in [1.807, 2.05) is 32.1 Å². The van der Waals surface area contributed by atoms with Crippen LogP contribution in [-0.2, 0) is 16.0 Å². The molecule has 4 rings (SSSR count). The van der Waals surface area contributed by atoms with E-state index in [-0.39, 0.29) is 12.3 Å². The molecular weight excluding hydrogens is 354 g/mol. The number of carbonyl (C=O) groups excluding carboxylic acids is 1. The summed E-state index contributed by atoms with van der Waals surface area (Å²) in [5.41, 5.74) is 7.01. The van der Waals surface area contributed by atoms with Gasteiger partial charge in [0.2, 0.25) is 0 Å². The predicted octanol–water partition coefficient (Wildman–Crippen LogP) is 3.22. The molecule has 1 saturated heterocycles. The fraction of sp³-hybridized carbons (Fsp3) is 0.364. The van der Waals surface area contributed by atoms with Crippen LogP contribution in [0.3, 0.4) is 0 Å². The molecule has 6 heteroatoms. The largest absolute Gasteiger partial charge is 0.481 e. The molecular formula is C22H25N3O3. The molecule has 2 aromatic rings. The van der Waals surface area contributed by atoms with E-state index in [4.69, 9.17) is 5.11 Å². The Kier molecular flexibility index (Phi) is 4.81. The standard InChI is InChI=1S/C22H25N3O3/c1-12-16(11-20(26)27)13(2)24-19(12)10-17-21-15(14-6-8-23-9-7-14)4-3-5-18(21)25-22(17)28/h3-5,10,14,23-24H,6-9,11H2,1-2H3,(H,25,28)(H,26,27). The molecule has 1 aromatic carbocycles. The fourth-order valence-corrected chi connectivity index (χ4v) is 4.41. The van der Waals surface area contributed by atoms with Crippen LogP contribution >= 0.6 is 0 Å². The van der Waals surface area contributed by atoms with E-state index in [0.29, 0.717) is 11.5 Å².